The fraction of sp³-hybridized carbons (Fsp3) is 0.917. The van der Waals surface area contributed by atoms with Gasteiger partial charge in [-0.25, -0.2) is 0 Å². The highest BCUT2D eigenvalue weighted by Gasteiger charge is 2.44. The van der Waals surface area contributed by atoms with Crippen molar-refractivity contribution < 1.29 is 9.90 Å². The quantitative estimate of drug-likeness (QED) is 0.824. The van der Waals surface area contributed by atoms with Gasteiger partial charge in [-0.1, -0.05) is 6.92 Å². The zero-order chi connectivity index (χ0) is 11.6. The molecule has 0 bridgehead atoms. The third-order valence-corrected chi connectivity index (χ3v) is 5.36. The van der Waals surface area contributed by atoms with Gasteiger partial charge in [0.1, 0.15) is 0 Å². The lowest BCUT2D eigenvalue weighted by Gasteiger charge is -2.32. The van der Waals surface area contributed by atoms with E-state index in [-0.39, 0.29) is 0 Å². The highest BCUT2D eigenvalue weighted by molar-refractivity contribution is 7.99. The van der Waals surface area contributed by atoms with Gasteiger partial charge >= 0.3 is 5.97 Å². The first-order valence-electron chi connectivity index (χ1n) is 6.23. The van der Waals surface area contributed by atoms with E-state index < -0.39 is 11.4 Å². The van der Waals surface area contributed by atoms with Gasteiger partial charge in [0.25, 0.3) is 0 Å². The van der Waals surface area contributed by atoms with Gasteiger partial charge in [-0.3, -0.25) is 9.69 Å². The number of carboxylic acids is 1. The van der Waals surface area contributed by atoms with E-state index in [1.807, 2.05) is 18.7 Å². The maximum atomic E-state index is 11.4. The van der Waals surface area contributed by atoms with E-state index in [2.05, 4.69) is 4.90 Å². The van der Waals surface area contributed by atoms with Crippen molar-refractivity contribution in [2.24, 2.45) is 5.41 Å². The minimum absolute atomic E-state index is 0.456. The lowest BCUT2D eigenvalue weighted by atomic mass is 9.84. The fourth-order valence-corrected chi connectivity index (χ4v) is 4.03. The van der Waals surface area contributed by atoms with Crippen molar-refractivity contribution in [3.63, 3.8) is 0 Å². The van der Waals surface area contributed by atoms with Crippen molar-refractivity contribution in [1.82, 2.24) is 4.90 Å². The number of likely N-dealkylation sites (tertiary alicyclic amines) is 1. The summed E-state index contributed by atoms with van der Waals surface area (Å²) in [6.45, 7) is 3.75. The molecule has 2 saturated heterocycles. The number of hydrogen-bond donors (Lipinski definition) is 1. The number of thioether (sulfide) groups is 1. The maximum Gasteiger partial charge on any atom is 0.310 e. The Hall–Kier alpha value is -0.220. The summed E-state index contributed by atoms with van der Waals surface area (Å²) in [6, 6.07) is 0.631. The summed E-state index contributed by atoms with van der Waals surface area (Å²) >= 11 is 2.02. The summed E-state index contributed by atoms with van der Waals surface area (Å²) in [4.78, 5) is 13.8. The first kappa shape index (κ1) is 12.2. The molecule has 0 radical (unpaired) electrons. The van der Waals surface area contributed by atoms with Gasteiger partial charge < -0.3 is 5.11 Å². The molecule has 0 amide bonds. The molecule has 3 nitrogen and oxygen atoms in total. The van der Waals surface area contributed by atoms with Gasteiger partial charge in [-0.15, -0.1) is 0 Å². The monoisotopic (exact) mass is 243 g/mol. The van der Waals surface area contributed by atoms with Crippen LogP contribution in [0.3, 0.4) is 0 Å². The highest BCUT2D eigenvalue weighted by atomic mass is 32.2. The standard InChI is InChI=1S/C12H21NO2S/c1-2-12(11(14)15)5-6-13(9-12)10-4-3-7-16-8-10/h10H,2-9H2,1H3,(H,14,15). The molecule has 0 aromatic rings. The average Bonchev–Trinajstić information content (AvgIpc) is 2.76. The molecule has 2 unspecified atom stereocenters. The number of nitrogens with zero attached hydrogens (tertiary/aromatic N) is 1. The van der Waals surface area contributed by atoms with Crippen molar-refractivity contribution in [1.29, 1.82) is 0 Å². The summed E-state index contributed by atoms with van der Waals surface area (Å²) in [5, 5.41) is 9.35. The SMILES string of the molecule is CCC1(C(=O)O)CCN(C2CCCSC2)C1. The van der Waals surface area contributed by atoms with Crippen molar-refractivity contribution in [2.75, 3.05) is 24.6 Å². The van der Waals surface area contributed by atoms with Crippen molar-refractivity contribution in [3.05, 3.63) is 0 Å². The van der Waals surface area contributed by atoms with E-state index in [1.165, 1.54) is 24.3 Å². The van der Waals surface area contributed by atoms with E-state index >= 15 is 0 Å². The molecular weight excluding hydrogens is 222 g/mol. The first-order chi connectivity index (χ1) is 7.68. The van der Waals surface area contributed by atoms with Crippen LogP contribution in [-0.4, -0.2) is 46.6 Å². The fourth-order valence-electron chi connectivity index (χ4n) is 2.84. The average molecular weight is 243 g/mol. The van der Waals surface area contributed by atoms with Crippen LogP contribution in [0.2, 0.25) is 0 Å². The Kier molecular flexibility index (Phi) is 3.80. The Bertz CT molecular complexity index is 266. The molecule has 2 fully saturated rings. The van der Waals surface area contributed by atoms with E-state index in [4.69, 9.17) is 0 Å². The summed E-state index contributed by atoms with van der Waals surface area (Å²) in [5.74, 6) is 1.88. The summed E-state index contributed by atoms with van der Waals surface area (Å²) < 4.78 is 0. The molecule has 4 heteroatoms. The molecule has 0 aromatic heterocycles. The third kappa shape index (κ3) is 2.23. The Morgan fingerprint density at radius 3 is 2.94 bits per heavy atom. The predicted molar refractivity (Wildman–Crippen MR) is 66.9 cm³/mol. The minimum Gasteiger partial charge on any atom is -0.481 e. The molecule has 0 saturated carbocycles. The number of rotatable bonds is 3. The molecule has 1 N–H and O–H groups in total. The Morgan fingerprint density at radius 2 is 2.44 bits per heavy atom. The van der Waals surface area contributed by atoms with Crippen LogP contribution in [0.5, 0.6) is 0 Å². The predicted octanol–water partition coefficient (Wildman–Crippen LogP) is 2.07. The molecule has 0 aromatic carbocycles. The zero-order valence-corrected chi connectivity index (χ0v) is 10.8. The second-order valence-corrected chi connectivity index (χ2v) is 6.18. The Balaban J connectivity index is 1.98. The first-order valence-corrected chi connectivity index (χ1v) is 7.38. The molecule has 2 atom stereocenters. The van der Waals surface area contributed by atoms with E-state index in [0.717, 1.165) is 25.9 Å². The van der Waals surface area contributed by atoms with E-state index in [1.54, 1.807) is 0 Å². The third-order valence-electron chi connectivity index (χ3n) is 4.17. The summed E-state index contributed by atoms with van der Waals surface area (Å²) in [5.41, 5.74) is -0.456. The van der Waals surface area contributed by atoms with Crippen LogP contribution in [0, 0.1) is 5.41 Å². The van der Waals surface area contributed by atoms with Crippen LogP contribution in [0.15, 0.2) is 0 Å². The van der Waals surface area contributed by atoms with Crippen LogP contribution in [0.25, 0.3) is 0 Å². The van der Waals surface area contributed by atoms with Crippen LogP contribution >= 0.6 is 11.8 Å². The second-order valence-electron chi connectivity index (χ2n) is 5.03. The molecule has 0 aliphatic carbocycles. The lowest BCUT2D eigenvalue weighted by molar-refractivity contribution is -0.148. The van der Waals surface area contributed by atoms with Gasteiger partial charge in [-0.05, 0) is 38.0 Å². The molecule has 92 valence electrons. The number of carbonyl (C=O) groups is 1. The number of carboxylic acid groups (broad SMARTS) is 1. The zero-order valence-electron chi connectivity index (χ0n) is 9.95. The minimum atomic E-state index is -0.596. The number of hydrogen-bond acceptors (Lipinski definition) is 3. The Labute approximate surface area is 102 Å². The lowest BCUT2D eigenvalue weighted by Crippen LogP contribution is -2.40. The molecule has 2 aliphatic heterocycles. The Morgan fingerprint density at radius 1 is 1.62 bits per heavy atom. The normalized spacial score (nSPS) is 36.4. The van der Waals surface area contributed by atoms with E-state index in [9.17, 15) is 9.90 Å². The highest BCUT2D eigenvalue weighted by Crippen LogP contribution is 2.37. The summed E-state index contributed by atoms with van der Waals surface area (Å²) in [6.07, 6.45) is 4.14. The van der Waals surface area contributed by atoms with Crippen LogP contribution in [0.1, 0.15) is 32.6 Å². The smallest absolute Gasteiger partial charge is 0.310 e. The van der Waals surface area contributed by atoms with Crippen molar-refractivity contribution >= 4 is 17.7 Å². The number of aliphatic carboxylic acids is 1. The largest absolute Gasteiger partial charge is 0.481 e. The molecule has 2 aliphatic rings. The van der Waals surface area contributed by atoms with Crippen molar-refractivity contribution in [2.45, 2.75) is 38.6 Å². The van der Waals surface area contributed by atoms with Crippen molar-refractivity contribution in [3.8, 4) is 0 Å². The van der Waals surface area contributed by atoms with Gasteiger partial charge in [0.15, 0.2) is 0 Å². The molecule has 2 rings (SSSR count). The van der Waals surface area contributed by atoms with Gasteiger partial charge in [0.05, 0.1) is 5.41 Å². The van der Waals surface area contributed by atoms with Crippen LogP contribution in [0.4, 0.5) is 0 Å². The molecule has 0 spiro atoms. The molecule has 2 heterocycles. The molecular formula is C12H21NO2S. The summed E-state index contributed by atoms with van der Waals surface area (Å²) in [7, 11) is 0. The van der Waals surface area contributed by atoms with Crippen LogP contribution < -0.4 is 0 Å². The van der Waals surface area contributed by atoms with Crippen LogP contribution in [-0.2, 0) is 4.79 Å². The van der Waals surface area contributed by atoms with Gasteiger partial charge in [0, 0.05) is 18.3 Å². The van der Waals surface area contributed by atoms with E-state index in [0.29, 0.717) is 6.04 Å². The van der Waals surface area contributed by atoms with Gasteiger partial charge in [0.2, 0.25) is 0 Å². The maximum absolute atomic E-state index is 11.4. The topological polar surface area (TPSA) is 40.5 Å². The second kappa shape index (κ2) is 4.96. The molecule has 16 heavy (non-hydrogen) atoms. The van der Waals surface area contributed by atoms with Gasteiger partial charge in [-0.2, -0.15) is 11.8 Å².